The lowest BCUT2D eigenvalue weighted by Crippen LogP contribution is -2.36. The average molecular weight is 258 g/mol. The van der Waals surface area contributed by atoms with Crippen LogP contribution in [0, 0.1) is 17.2 Å². The third-order valence-corrected chi connectivity index (χ3v) is 3.68. The molecule has 4 heteroatoms. The number of nitrogens with one attached hydrogen (secondary N) is 1. The summed E-state index contributed by atoms with van der Waals surface area (Å²) >= 11 is 0. The number of aromatic nitrogens is 1. The van der Waals surface area contributed by atoms with Crippen LogP contribution >= 0.6 is 0 Å². The number of nitriles is 1. The molecule has 1 aromatic heterocycles. The molecule has 1 aromatic rings. The van der Waals surface area contributed by atoms with Gasteiger partial charge in [0.05, 0.1) is 0 Å². The smallest absolute Gasteiger partial charge is 0.142 e. The van der Waals surface area contributed by atoms with E-state index in [4.69, 9.17) is 5.26 Å². The number of likely N-dealkylation sites (tertiary alicyclic amines) is 1. The summed E-state index contributed by atoms with van der Waals surface area (Å²) < 4.78 is 0. The van der Waals surface area contributed by atoms with Gasteiger partial charge in [0.15, 0.2) is 0 Å². The zero-order valence-corrected chi connectivity index (χ0v) is 11.6. The highest BCUT2D eigenvalue weighted by molar-refractivity contribution is 5.38. The molecule has 0 amide bonds. The Hall–Kier alpha value is -1.60. The highest BCUT2D eigenvalue weighted by Gasteiger charge is 2.18. The van der Waals surface area contributed by atoms with Gasteiger partial charge in [-0.15, -0.1) is 0 Å². The van der Waals surface area contributed by atoms with Crippen LogP contribution in [0.5, 0.6) is 0 Å². The summed E-state index contributed by atoms with van der Waals surface area (Å²) in [5.74, 6) is 1.54. The fourth-order valence-electron chi connectivity index (χ4n) is 2.57. The van der Waals surface area contributed by atoms with Crippen LogP contribution < -0.4 is 5.32 Å². The summed E-state index contributed by atoms with van der Waals surface area (Å²) in [4.78, 5) is 6.78. The minimum atomic E-state index is 0.475. The Morgan fingerprint density at radius 3 is 2.89 bits per heavy atom. The predicted octanol–water partition coefficient (Wildman–Crippen LogP) is 2.49. The molecule has 102 valence electrons. The van der Waals surface area contributed by atoms with E-state index >= 15 is 0 Å². The Labute approximate surface area is 115 Å². The summed E-state index contributed by atoms with van der Waals surface area (Å²) in [6.07, 6.45) is 3.75. The van der Waals surface area contributed by atoms with Crippen LogP contribution in [-0.2, 0) is 0 Å². The maximum Gasteiger partial charge on any atom is 0.142 e. The number of hydrogen-bond donors (Lipinski definition) is 1. The van der Waals surface area contributed by atoms with Crippen LogP contribution in [0.4, 0.5) is 5.82 Å². The molecule has 1 aliphatic heterocycles. The van der Waals surface area contributed by atoms with Gasteiger partial charge >= 0.3 is 0 Å². The molecule has 2 rings (SSSR count). The highest BCUT2D eigenvalue weighted by atomic mass is 15.1. The summed E-state index contributed by atoms with van der Waals surface area (Å²) in [5, 5.41) is 12.2. The molecule has 0 saturated carbocycles. The van der Waals surface area contributed by atoms with Gasteiger partial charge in [0, 0.05) is 6.54 Å². The first-order valence-electron chi connectivity index (χ1n) is 7.15. The van der Waals surface area contributed by atoms with E-state index in [0.29, 0.717) is 5.69 Å². The number of anilines is 1. The van der Waals surface area contributed by atoms with Crippen molar-refractivity contribution >= 4 is 5.82 Å². The van der Waals surface area contributed by atoms with Gasteiger partial charge in [0.2, 0.25) is 0 Å². The maximum absolute atomic E-state index is 8.81. The Morgan fingerprint density at radius 2 is 2.21 bits per heavy atom. The molecule has 0 radical (unpaired) electrons. The van der Waals surface area contributed by atoms with Crippen LogP contribution in [0.25, 0.3) is 0 Å². The number of hydrogen-bond acceptors (Lipinski definition) is 4. The second kappa shape index (κ2) is 7.10. The van der Waals surface area contributed by atoms with Crippen molar-refractivity contribution in [1.29, 1.82) is 5.26 Å². The SMILES string of the molecule is CCCN1CCC(CNc2cccc(C#N)n2)CC1. The van der Waals surface area contributed by atoms with E-state index in [9.17, 15) is 0 Å². The normalized spacial score (nSPS) is 17.1. The molecule has 0 atom stereocenters. The molecule has 1 aliphatic rings. The topological polar surface area (TPSA) is 52.0 Å². The monoisotopic (exact) mass is 258 g/mol. The Bertz CT molecular complexity index is 430. The average Bonchev–Trinajstić information content (AvgIpc) is 2.47. The van der Waals surface area contributed by atoms with Crippen molar-refractivity contribution in [1.82, 2.24) is 9.88 Å². The standard InChI is InChI=1S/C15H22N4/c1-2-8-19-9-6-13(7-10-19)12-17-15-5-3-4-14(11-16)18-15/h3-5,13H,2,6-10,12H2,1H3,(H,17,18). The Kier molecular flexibility index (Phi) is 5.17. The Balaban J connectivity index is 1.76. The van der Waals surface area contributed by atoms with Gasteiger partial charge in [-0.2, -0.15) is 5.26 Å². The highest BCUT2D eigenvalue weighted by Crippen LogP contribution is 2.18. The molecule has 0 spiro atoms. The molecular weight excluding hydrogens is 236 g/mol. The van der Waals surface area contributed by atoms with E-state index in [1.807, 2.05) is 12.1 Å². The zero-order valence-electron chi connectivity index (χ0n) is 11.6. The maximum atomic E-state index is 8.81. The van der Waals surface area contributed by atoms with E-state index < -0.39 is 0 Å². The number of nitrogens with zero attached hydrogens (tertiary/aromatic N) is 3. The van der Waals surface area contributed by atoms with E-state index in [-0.39, 0.29) is 0 Å². The number of pyridine rings is 1. The quantitative estimate of drug-likeness (QED) is 0.881. The first kappa shape index (κ1) is 13.8. The molecule has 0 bridgehead atoms. The molecular formula is C15H22N4. The lowest BCUT2D eigenvalue weighted by Gasteiger charge is -2.31. The van der Waals surface area contributed by atoms with E-state index in [1.54, 1.807) is 6.07 Å². The third kappa shape index (κ3) is 4.22. The van der Waals surface area contributed by atoms with E-state index in [2.05, 4.69) is 28.2 Å². The van der Waals surface area contributed by atoms with Crippen molar-refractivity contribution in [2.45, 2.75) is 26.2 Å². The van der Waals surface area contributed by atoms with Gasteiger partial charge in [-0.25, -0.2) is 4.98 Å². The van der Waals surface area contributed by atoms with Crippen molar-refractivity contribution in [3.05, 3.63) is 23.9 Å². The summed E-state index contributed by atoms with van der Waals surface area (Å²) in [7, 11) is 0. The minimum Gasteiger partial charge on any atom is -0.370 e. The van der Waals surface area contributed by atoms with Gasteiger partial charge in [-0.1, -0.05) is 13.0 Å². The lowest BCUT2D eigenvalue weighted by atomic mass is 9.96. The number of rotatable bonds is 5. The van der Waals surface area contributed by atoms with Gasteiger partial charge in [0.1, 0.15) is 17.6 Å². The van der Waals surface area contributed by atoms with Crippen molar-refractivity contribution in [2.75, 3.05) is 31.5 Å². The molecule has 19 heavy (non-hydrogen) atoms. The van der Waals surface area contributed by atoms with Crippen LogP contribution in [0.1, 0.15) is 31.9 Å². The van der Waals surface area contributed by atoms with Crippen LogP contribution in [0.15, 0.2) is 18.2 Å². The Morgan fingerprint density at radius 1 is 1.42 bits per heavy atom. The minimum absolute atomic E-state index is 0.475. The van der Waals surface area contributed by atoms with Crippen molar-refractivity contribution in [3.8, 4) is 6.07 Å². The van der Waals surface area contributed by atoms with Crippen molar-refractivity contribution in [3.63, 3.8) is 0 Å². The largest absolute Gasteiger partial charge is 0.370 e. The molecule has 1 saturated heterocycles. The second-order valence-electron chi connectivity index (χ2n) is 5.19. The second-order valence-corrected chi connectivity index (χ2v) is 5.19. The summed E-state index contributed by atoms with van der Waals surface area (Å²) in [6, 6.07) is 7.59. The van der Waals surface area contributed by atoms with E-state index in [1.165, 1.54) is 38.9 Å². The van der Waals surface area contributed by atoms with Gasteiger partial charge < -0.3 is 10.2 Å². The van der Waals surface area contributed by atoms with Crippen LogP contribution in [0.2, 0.25) is 0 Å². The summed E-state index contributed by atoms with van der Waals surface area (Å²) in [6.45, 7) is 6.85. The van der Waals surface area contributed by atoms with Crippen molar-refractivity contribution in [2.24, 2.45) is 5.92 Å². The van der Waals surface area contributed by atoms with Gasteiger partial charge in [-0.3, -0.25) is 0 Å². The molecule has 1 N–H and O–H groups in total. The molecule has 0 aliphatic carbocycles. The molecule has 2 heterocycles. The van der Waals surface area contributed by atoms with E-state index in [0.717, 1.165) is 18.3 Å². The fourth-order valence-corrected chi connectivity index (χ4v) is 2.57. The lowest BCUT2D eigenvalue weighted by molar-refractivity contribution is 0.190. The third-order valence-electron chi connectivity index (χ3n) is 3.68. The summed E-state index contributed by atoms with van der Waals surface area (Å²) in [5.41, 5.74) is 0.475. The van der Waals surface area contributed by atoms with Crippen molar-refractivity contribution < 1.29 is 0 Å². The first-order valence-corrected chi connectivity index (χ1v) is 7.15. The predicted molar refractivity (Wildman–Crippen MR) is 76.9 cm³/mol. The van der Waals surface area contributed by atoms with Gasteiger partial charge in [0.25, 0.3) is 0 Å². The molecule has 1 fully saturated rings. The first-order chi connectivity index (χ1) is 9.31. The van der Waals surface area contributed by atoms with Crippen LogP contribution in [0.3, 0.4) is 0 Å². The number of piperidine rings is 1. The van der Waals surface area contributed by atoms with Gasteiger partial charge in [-0.05, 0) is 56.9 Å². The molecule has 0 aromatic carbocycles. The fraction of sp³-hybridized carbons (Fsp3) is 0.600. The molecule has 4 nitrogen and oxygen atoms in total. The zero-order chi connectivity index (χ0) is 13.5. The van der Waals surface area contributed by atoms with Crippen LogP contribution in [-0.4, -0.2) is 36.1 Å². The molecule has 0 unspecified atom stereocenters.